The van der Waals surface area contributed by atoms with Crippen molar-refractivity contribution in [1.29, 1.82) is 0 Å². The molecule has 0 spiro atoms. The van der Waals surface area contributed by atoms with Gasteiger partial charge in [0, 0.05) is 0 Å². The number of unbranched alkanes of at least 4 members (excludes halogenated alkanes) is 5. The van der Waals surface area contributed by atoms with Crippen LogP contribution in [0.3, 0.4) is 0 Å². The molecule has 0 rings (SSSR count). The average Bonchev–Trinajstić information content (AvgIpc) is 2.67. The molecule has 0 radical (unpaired) electrons. The molecule has 0 heterocycles. The van der Waals surface area contributed by atoms with Crippen LogP contribution in [-0.2, 0) is 0 Å². The second-order valence-corrected chi connectivity index (χ2v) is 9.38. The van der Waals surface area contributed by atoms with Crippen molar-refractivity contribution in [1.82, 2.24) is 5.32 Å². The molecule has 0 bridgehead atoms. The Bertz CT molecular complexity index is 422. The standard InChI is InChI=1S/C23H45N2OP/c1-6-9-16-22(17-10-7-2)19-20(4)15-13-11-12-14-18-24-23(26)25-27-21(5)8-3/h20,22H,6-19H2,1-5H3/p+1. The van der Waals surface area contributed by atoms with Gasteiger partial charge in [-0.2, -0.15) is 0 Å². The summed E-state index contributed by atoms with van der Waals surface area (Å²) < 4.78 is 4.01. The molecule has 0 aliphatic heterocycles. The van der Waals surface area contributed by atoms with E-state index in [1.807, 2.05) is 6.92 Å². The molecule has 0 saturated carbocycles. The Labute approximate surface area is 171 Å². The maximum absolute atomic E-state index is 11.6. The molecule has 0 aromatic rings. The first-order valence-corrected chi connectivity index (χ1v) is 12.4. The van der Waals surface area contributed by atoms with Gasteiger partial charge in [-0.25, -0.2) is 0 Å². The van der Waals surface area contributed by atoms with Crippen LogP contribution in [0, 0.1) is 11.8 Å². The molecule has 27 heavy (non-hydrogen) atoms. The zero-order chi connectivity index (χ0) is 20.3. The fourth-order valence-electron chi connectivity index (χ4n) is 3.46. The number of nitrogens with zero attached hydrogens (tertiary/aromatic N) is 1. The summed E-state index contributed by atoms with van der Waals surface area (Å²) in [5, 5.41) is 4.13. The summed E-state index contributed by atoms with van der Waals surface area (Å²) in [7, 11) is 0.813. The van der Waals surface area contributed by atoms with Crippen LogP contribution < -0.4 is 5.32 Å². The quantitative estimate of drug-likeness (QED) is 0.206. The predicted molar refractivity (Wildman–Crippen MR) is 123 cm³/mol. The number of urea groups is 1. The average molecular weight is 398 g/mol. The maximum atomic E-state index is 11.6. The summed E-state index contributed by atoms with van der Waals surface area (Å²) in [6.07, 6.45) is 17.0. The predicted octanol–water partition coefficient (Wildman–Crippen LogP) is 8.40. The van der Waals surface area contributed by atoms with Crippen LogP contribution in [0.15, 0.2) is 4.74 Å². The first-order chi connectivity index (χ1) is 13.0. The van der Waals surface area contributed by atoms with Crippen LogP contribution in [0.2, 0.25) is 0 Å². The van der Waals surface area contributed by atoms with E-state index in [0.717, 1.165) is 39.2 Å². The van der Waals surface area contributed by atoms with Crippen molar-refractivity contribution in [2.24, 2.45) is 16.6 Å². The van der Waals surface area contributed by atoms with Crippen LogP contribution in [0.1, 0.15) is 118 Å². The van der Waals surface area contributed by atoms with Crippen molar-refractivity contribution in [2.45, 2.75) is 118 Å². The van der Waals surface area contributed by atoms with Crippen molar-refractivity contribution < 1.29 is 4.79 Å². The second-order valence-electron chi connectivity index (χ2n) is 8.22. The van der Waals surface area contributed by atoms with Gasteiger partial charge in [0.15, 0.2) is 0 Å². The van der Waals surface area contributed by atoms with E-state index in [4.69, 9.17) is 0 Å². The van der Waals surface area contributed by atoms with Crippen molar-refractivity contribution in [3.63, 3.8) is 0 Å². The van der Waals surface area contributed by atoms with Crippen LogP contribution in [0.5, 0.6) is 0 Å². The monoisotopic (exact) mass is 397 g/mol. The van der Waals surface area contributed by atoms with E-state index in [1.165, 1.54) is 75.9 Å². The minimum atomic E-state index is -0.164. The third-order valence-electron chi connectivity index (χ3n) is 5.39. The van der Waals surface area contributed by atoms with E-state index in [0.29, 0.717) is 0 Å². The zero-order valence-electron chi connectivity index (χ0n) is 18.9. The van der Waals surface area contributed by atoms with Crippen molar-refractivity contribution in [3.05, 3.63) is 0 Å². The van der Waals surface area contributed by atoms with Crippen molar-refractivity contribution in [3.8, 4) is 0 Å². The molecule has 1 unspecified atom stereocenters. The zero-order valence-corrected chi connectivity index (χ0v) is 19.8. The van der Waals surface area contributed by atoms with Crippen LogP contribution >= 0.6 is 8.00 Å². The van der Waals surface area contributed by atoms with Gasteiger partial charge in [-0.15, -0.1) is 0 Å². The van der Waals surface area contributed by atoms with Gasteiger partial charge in [0.05, 0.1) is 0 Å². The van der Waals surface area contributed by atoms with Gasteiger partial charge in [-0.3, -0.25) is 0 Å². The normalized spacial score (nSPS) is 12.1. The molecule has 2 amide bonds. The van der Waals surface area contributed by atoms with Crippen LogP contribution in [-0.4, -0.2) is 17.9 Å². The molecule has 3 nitrogen and oxygen atoms in total. The van der Waals surface area contributed by atoms with Crippen LogP contribution in [0.25, 0.3) is 0 Å². The number of amides is 2. The number of rotatable bonds is 16. The Morgan fingerprint density at radius 3 is 2.15 bits per heavy atom. The van der Waals surface area contributed by atoms with Gasteiger partial charge < -0.3 is 0 Å². The van der Waals surface area contributed by atoms with Crippen LogP contribution in [0.4, 0.5) is 4.79 Å². The third kappa shape index (κ3) is 17.4. The molecule has 1 atom stereocenters. The molecule has 0 aliphatic carbocycles. The van der Waals surface area contributed by atoms with Crippen molar-refractivity contribution >= 4 is 19.3 Å². The topological polar surface area (TPSA) is 41.5 Å². The van der Waals surface area contributed by atoms with E-state index in [-0.39, 0.29) is 6.03 Å². The summed E-state index contributed by atoms with van der Waals surface area (Å²) in [6.45, 7) is 11.9. The fourth-order valence-corrected chi connectivity index (χ4v) is 3.93. The first kappa shape index (κ1) is 26.6. The van der Waals surface area contributed by atoms with Crippen molar-refractivity contribution in [2.75, 3.05) is 6.54 Å². The summed E-state index contributed by atoms with van der Waals surface area (Å²) in [5.74, 6) is 1.81. The summed E-state index contributed by atoms with van der Waals surface area (Å²) in [6, 6.07) is -0.164. The first-order valence-electron chi connectivity index (χ1n) is 11.5. The second kappa shape index (κ2) is 18.9. The number of hydrogen-bond donors (Lipinski definition) is 1. The molecular weight excluding hydrogens is 351 g/mol. The molecule has 0 saturated heterocycles. The van der Waals surface area contributed by atoms with E-state index >= 15 is 0 Å². The molecule has 1 N–H and O–H groups in total. The molecule has 158 valence electrons. The summed E-state index contributed by atoms with van der Waals surface area (Å²) in [4.78, 5) is 11.6. The Kier molecular flexibility index (Phi) is 18.6. The third-order valence-corrected chi connectivity index (χ3v) is 6.33. The molecular formula is C23H46N2OP+. The minimum absolute atomic E-state index is 0.164. The molecule has 4 heteroatoms. The number of carbonyl (C=O) groups is 1. The van der Waals surface area contributed by atoms with E-state index in [1.54, 1.807) is 0 Å². The van der Waals surface area contributed by atoms with Gasteiger partial charge in [0.2, 0.25) is 0 Å². The van der Waals surface area contributed by atoms with Gasteiger partial charge in [-0.1, -0.05) is 52.4 Å². The molecule has 0 aromatic heterocycles. The Morgan fingerprint density at radius 2 is 1.56 bits per heavy atom. The van der Waals surface area contributed by atoms with Gasteiger partial charge >= 0.3 is 118 Å². The van der Waals surface area contributed by atoms with Gasteiger partial charge in [0.25, 0.3) is 0 Å². The molecule has 0 aromatic carbocycles. The number of hydrogen-bond acceptors (Lipinski definition) is 1. The van der Waals surface area contributed by atoms with E-state index in [9.17, 15) is 4.79 Å². The Balaban J connectivity index is 3.78. The number of nitrogens with one attached hydrogen (secondary N) is 1. The fraction of sp³-hybridized carbons (Fsp3) is 0.913. The van der Waals surface area contributed by atoms with E-state index < -0.39 is 0 Å². The van der Waals surface area contributed by atoms with Gasteiger partial charge in [-0.05, 0) is 0 Å². The summed E-state index contributed by atoms with van der Waals surface area (Å²) in [5.41, 5.74) is 0. The summed E-state index contributed by atoms with van der Waals surface area (Å²) >= 11 is 0. The van der Waals surface area contributed by atoms with Gasteiger partial charge in [0.1, 0.15) is 0 Å². The Hall–Kier alpha value is -0.430. The number of carbonyl (C=O) groups excluding carboxylic acids is 1. The Morgan fingerprint density at radius 1 is 0.926 bits per heavy atom. The molecule has 0 fully saturated rings. The molecule has 0 aliphatic rings. The SMILES string of the molecule is CCCCC(CCCC)CC(C)CCCCCCNC(=O)N=[P+]=C(C)CC. The van der Waals surface area contributed by atoms with E-state index in [2.05, 4.69) is 37.8 Å².